The fourth-order valence-corrected chi connectivity index (χ4v) is 2.71. The first-order chi connectivity index (χ1) is 9.79. The SMILES string of the molecule is CCCCOc1ccc(CN[C@@H](C)c2cccs2)cc1. The molecule has 0 spiro atoms. The summed E-state index contributed by atoms with van der Waals surface area (Å²) in [6.07, 6.45) is 2.28. The van der Waals surface area contributed by atoms with Crippen LogP contribution in [0.2, 0.25) is 0 Å². The normalized spacial score (nSPS) is 12.3. The molecule has 1 N–H and O–H groups in total. The Bertz CT molecular complexity index is 478. The predicted octanol–water partition coefficient (Wildman–Crippen LogP) is 4.78. The zero-order valence-electron chi connectivity index (χ0n) is 12.3. The van der Waals surface area contributed by atoms with Crippen LogP contribution < -0.4 is 10.1 Å². The molecule has 0 radical (unpaired) electrons. The molecular formula is C17H23NOS. The smallest absolute Gasteiger partial charge is 0.119 e. The van der Waals surface area contributed by atoms with Gasteiger partial charge in [-0.25, -0.2) is 0 Å². The second-order valence-corrected chi connectivity index (χ2v) is 5.94. The lowest BCUT2D eigenvalue weighted by molar-refractivity contribution is 0.309. The highest BCUT2D eigenvalue weighted by Crippen LogP contribution is 2.19. The summed E-state index contributed by atoms with van der Waals surface area (Å²) < 4.78 is 5.67. The topological polar surface area (TPSA) is 21.3 Å². The molecule has 0 saturated carbocycles. The van der Waals surface area contributed by atoms with Gasteiger partial charge in [-0.2, -0.15) is 0 Å². The van der Waals surface area contributed by atoms with Gasteiger partial charge in [0.2, 0.25) is 0 Å². The Kier molecular flexibility index (Phi) is 6.09. The first kappa shape index (κ1) is 15.1. The maximum atomic E-state index is 5.67. The number of hydrogen-bond donors (Lipinski definition) is 1. The van der Waals surface area contributed by atoms with E-state index in [-0.39, 0.29) is 0 Å². The van der Waals surface area contributed by atoms with Crippen LogP contribution >= 0.6 is 11.3 Å². The minimum absolute atomic E-state index is 0.399. The predicted molar refractivity (Wildman–Crippen MR) is 86.4 cm³/mol. The van der Waals surface area contributed by atoms with E-state index < -0.39 is 0 Å². The van der Waals surface area contributed by atoms with Crippen LogP contribution in [0.25, 0.3) is 0 Å². The van der Waals surface area contributed by atoms with E-state index in [9.17, 15) is 0 Å². The van der Waals surface area contributed by atoms with E-state index in [0.717, 1.165) is 25.3 Å². The van der Waals surface area contributed by atoms with Crippen molar-refractivity contribution in [3.8, 4) is 5.75 Å². The minimum Gasteiger partial charge on any atom is -0.494 e. The molecule has 1 aromatic heterocycles. The lowest BCUT2D eigenvalue weighted by Crippen LogP contribution is -2.17. The molecule has 20 heavy (non-hydrogen) atoms. The van der Waals surface area contributed by atoms with Gasteiger partial charge in [0.1, 0.15) is 5.75 Å². The summed E-state index contributed by atoms with van der Waals surface area (Å²) in [5.41, 5.74) is 1.29. The molecule has 0 fully saturated rings. The van der Waals surface area contributed by atoms with Crippen LogP contribution in [0.1, 0.15) is 43.2 Å². The summed E-state index contributed by atoms with van der Waals surface area (Å²) in [5.74, 6) is 0.966. The van der Waals surface area contributed by atoms with Gasteiger partial charge in [-0.3, -0.25) is 0 Å². The number of unbranched alkanes of at least 4 members (excludes halogenated alkanes) is 1. The Morgan fingerprint density at radius 1 is 1.20 bits per heavy atom. The molecule has 0 aliphatic rings. The van der Waals surface area contributed by atoms with Crippen molar-refractivity contribution in [3.05, 3.63) is 52.2 Å². The van der Waals surface area contributed by atoms with Crippen LogP contribution in [0, 0.1) is 0 Å². The molecule has 3 heteroatoms. The number of ether oxygens (including phenoxy) is 1. The van der Waals surface area contributed by atoms with Gasteiger partial charge >= 0.3 is 0 Å². The Hall–Kier alpha value is -1.32. The lowest BCUT2D eigenvalue weighted by atomic mass is 10.2. The molecular weight excluding hydrogens is 266 g/mol. The summed E-state index contributed by atoms with van der Waals surface area (Å²) >= 11 is 1.80. The van der Waals surface area contributed by atoms with Crippen LogP contribution in [0.5, 0.6) is 5.75 Å². The molecule has 0 bridgehead atoms. The molecule has 0 aliphatic heterocycles. The molecule has 1 atom stereocenters. The Morgan fingerprint density at radius 3 is 2.65 bits per heavy atom. The lowest BCUT2D eigenvalue weighted by Gasteiger charge is -2.12. The van der Waals surface area contributed by atoms with E-state index in [4.69, 9.17) is 4.74 Å². The van der Waals surface area contributed by atoms with Gasteiger partial charge in [0.05, 0.1) is 6.61 Å². The van der Waals surface area contributed by atoms with E-state index in [1.807, 2.05) is 0 Å². The van der Waals surface area contributed by atoms with E-state index in [1.54, 1.807) is 11.3 Å². The molecule has 0 amide bonds. The third kappa shape index (κ3) is 4.66. The van der Waals surface area contributed by atoms with E-state index >= 15 is 0 Å². The van der Waals surface area contributed by atoms with Crippen LogP contribution in [-0.2, 0) is 6.54 Å². The van der Waals surface area contributed by atoms with Crippen LogP contribution in [0.15, 0.2) is 41.8 Å². The summed E-state index contributed by atoms with van der Waals surface area (Å²) in [5, 5.41) is 5.66. The van der Waals surface area contributed by atoms with Crippen molar-refractivity contribution in [1.82, 2.24) is 5.32 Å². The number of thiophene rings is 1. The number of nitrogens with one attached hydrogen (secondary N) is 1. The number of hydrogen-bond acceptors (Lipinski definition) is 3. The Morgan fingerprint density at radius 2 is 2.00 bits per heavy atom. The van der Waals surface area contributed by atoms with E-state index in [0.29, 0.717) is 6.04 Å². The van der Waals surface area contributed by atoms with Gasteiger partial charge < -0.3 is 10.1 Å². The average Bonchev–Trinajstić information content (AvgIpc) is 3.01. The zero-order chi connectivity index (χ0) is 14.2. The molecule has 1 aromatic carbocycles. The molecule has 0 saturated heterocycles. The number of benzene rings is 1. The van der Waals surface area contributed by atoms with Crippen molar-refractivity contribution < 1.29 is 4.74 Å². The van der Waals surface area contributed by atoms with Crippen LogP contribution in [0.4, 0.5) is 0 Å². The summed E-state index contributed by atoms with van der Waals surface area (Å²) in [7, 11) is 0. The van der Waals surface area contributed by atoms with Crippen molar-refractivity contribution in [1.29, 1.82) is 0 Å². The quantitative estimate of drug-likeness (QED) is 0.706. The van der Waals surface area contributed by atoms with Gasteiger partial charge in [0.25, 0.3) is 0 Å². The van der Waals surface area contributed by atoms with Crippen molar-refractivity contribution in [2.24, 2.45) is 0 Å². The fraction of sp³-hybridized carbons (Fsp3) is 0.412. The second-order valence-electron chi connectivity index (χ2n) is 4.96. The zero-order valence-corrected chi connectivity index (χ0v) is 13.1. The van der Waals surface area contributed by atoms with Crippen molar-refractivity contribution in [2.45, 2.75) is 39.3 Å². The number of rotatable bonds is 8. The first-order valence-electron chi connectivity index (χ1n) is 7.28. The maximum absolute atomic E-state index is 5.67. The highest BCUT2D eigenvalue weighted by Gasteiger charge is 2.05. The van der Waals surface area contributed by atoms with Crippen LogP contribution in [0.3, 0.4) is 0 Å². The third-order valence-corrected chi connectivity index (χ3v) is 4.33. The van der Waals surface area contributed by atoms with Gasteiger partial charge in [-0.05, 0) is 42.5 Å². The third-order valence-electron chi connectivity index (χ3n) is 3.27. The average molecular weight is 289 g/mol. The molecule has 1 heterocycles. The van der Waals surface area contributed by atoms with Gasteiger partial charge in [-0.1, -0.05) is 31.5 Å². The van der Waals surface area contributed by atoms with Gasteiger partial charge in [0, 0.05) is 17.5 Å². The first-order valence-corrected chi connectivity index (χ1v) is 8.16. The minimum atomic E-state index is 0.399. The fourth-order valence-electron chi connectivity index (χ4n) is 1.95. The summed E-state index contributed by atoms with van der Waals surface area (Å²) in [6.45, 7) is 6.07. The largest absolute Gasteiger partial charge is 0.494 e. The highest BCUT2D eigenvalue weighted by atomic mass is 32.1. The molecule has 2 nitrogen and oxygen atoms in total. The molecule has 2 rings (SSSR count). The van der Waals surface area contributed by atoms with Gasteiger partial charge in [-0.15, -0.1) is 11.3 Å². The van der Waals surface area contributed by atoms with E-state index in [1.165, 1.54) is 16.9 Å². The van der Waals surface area contributed by atoms with Crippen molar-refractivity contribution in [2.75, 3.05) is 6.61 Å². The summed E-state index contributed by atoms with van der Waals surface area (Å²) in [6, 6.07) is 13.1. The Balaban J connectivity index is 1.78. The maximum Gasteiger partial charge on any atom is 0.119 e. The van der Waals surface area contributed by atoms with E-state index in [2.05, 4.69) is 60.9 Å². The summed E-state index contributed by atoms with van der Waals surface area (Å²) in [4.78, 5) is 1.38. The molecule has 108 valence electrons. The van der Waals surface area contributed by atoms with Gasteiger partial charge in [0.15, 0.2) is 0 Å². The highest BCUT2D eigenvalue weighted by molar-refractivity contribution is 7.10. The monoisotopic (exact) mass is 289 g/mol. The van der Waals surface area contributed by atoms with Crippen molar-refractivity contribution in [3.63, 3.8) is 0 Å². The Labute approximate surface area is 125 Å². The van der Waals surface area contributed by atoms with Crippen LogP contribution in [-0.4, -0.2) is 6.61 Å². The van der Waals surface area contributed by atoms with Crippen molar-refractivity contribution >= 4 is 11.3 Å². The second kappa shape index (κ2) is 8.08. The standard InChI is InChI=1S/C17H23NOS/c1-3-4-11-19-16-9-7-15(8-10-16)13-18-14(2)17-6-5-12-20-17/h5-10,12,14,18H,3-4,11,13H2,1-2H3/t14-/m0/s1. The molecule has 0 aliphatic carbocycles. The molecule has 0 unspecified atom stereocenters. The molecule has 2 aromatic rings.